The maximum atomic E-state index is 12.8. The summed E-state index contributed by atoms with van der Waals surface area (Å²) in [6, 6.07) is 8.08. The van der Waals surface area contributed by atoms with E-state index in [4.69, 9.17) is 0 Å². The average Bonchev–Trinajstić information content (AvgIpc) is 3.01. The molecule has 27 heavy (non-hydrogen) atoms. The van der Waals surface area contributed by atoms with Crippen molar-refractivity contribution in [3.05, 3.63) is 53.8 Å². The van der Waals surface area contributed by atoms with Gasteiger partial charge in [-0.3, -0.25) is 19.3 Å². The molecule has 0 bridgehead atoms. The Kier molecular flexibility index (Phi) is 4.06. The molecule has 1 aromatic carbocycles. The molecule has 1 fully saturated rings. The van der Waals surface area contributed by atoms with Crippen molar-refractivity contribution in [3.8, 4) is 0 Å². The molecule has 1 aromatic rings. The molecule has 2 amide bonds. The summed E-state index contributed by atoms with van der Waals surface area (Å²) in [5, 5.41) is 0. The van der Waals surface area contributed by atoms with Gasteiger partial charge in [-0.2, -0.15) is 0 Å². The molecule has 0 saturated carbocycles. The van der Waals surface area contributed by atoms with Crippen LogP contribution in [0.4, 0.5) is 5.69 Å². The SMILES string of the molecule is CN1/C(=C\C(=O)CN2C(=O)[C@H]3CC=CC[C@@H]3C2=O)C(C)(C)c2ccccc21. The van der Waals surface area contributed by atoms with Crippen molar-refractivity contribution >= 4 is 23.3 Å². The lowest BCUT2D eigenvalue weighted by atomic mass is 9.83. The fourth-order valence-electron chi connectivity index (χ4n) is 4.64. The number of allylic oxidation sites excluding steroid dienone is 3. The molecular formula is C22H24N2O3. The zero-order valence-electron chi connectivity index (χ0n) is 15.9. The van der Waals surface area contributed by atoms with Crippen LogP contribution in [0.5, 0.6) is 0 Å². The highest BCUT2D eigenvalue weighted by Crippen LogP contribution is 2.46. The van der Waals surface area contributed by atoms with Crippen molar-refractivity contribution in [2.24, 2.45) is 11.8 Å². The summed E-state index contributed by atoms with van der Waals surface area (Å²) >= 11 is 0. The first-order valence-corrected chi connectivity index (χ1v) is 9.41. The Balaban J connectivity index is 1.56. The van der Waals surface area contributed by atoms with Gasteiger partial charge in [0, 0.05) is 29.9 Å². The van der Waals surface area contributed by atoms with E-state index in [1.807, 2.05) is 42.3 Å². The molecule has 5 heteroatoms. The fourth-order valence-corrected chi connectivity index (χ4v) is 4.64. The first-order valence-electron chi connectivity index (χ1n) is 9.41. The van der Waals surface area contributed by atoms with Crippen molar-refractivity contribution in [2.45, 2.75) is 32.1 Å². The lowest BCUT2D eigenvalue weighted by Gasteiger charge is -2.24. The Morgan fingerprint density at radius 3 is 2.30 bits per heavy atom. The van der Waals surface area contributed by atoms with Crippen LogP contribution >= 0.6 is 0 Å². The third-order valence-electron chi connectivity index (χ3n) is 6.15. The van der Waals surface area contributed by atoms with Crippen LogP contribution in [0, 0.1) is 11.8 Å². The largest absolute Gasteiger partial charge is 0.347 e. The summed E-state index contributed by atoms with van der Waals surface area (Å²) in [5.74, 6) is -1.21. The van der Waals surface area contributed by atoms with E-state index in [1.165, 1.54) is 0 Å². The number of fused-ring (bicyclic) bond motifs is 2. The summed E-state index contributed by atoms with van der Waals surface area (Å²) in [6.07, 6.45) is 6.68. The second kappa shape index (κ2) is 6.19. The summed E-state index contributed by atoms with van der Waals surface area (Å²) in [7, 11) is 1.94. The summed E-state index contributed by atoms with van der Waals surface area (Å²) in [4.78, 5) is 41.1. The number of para-hydroxylation sites is 1. The number of hydrogen-bond donors (Lipinski definition) is 0. The van der Waals surface area contributed by atoms with Crippen molar-refractivity contribution < 1.29 is 14.4 Å². The van der Waals surface area contributed by atoms with Gasteiger partial charge in [0.25, 0.3) is 0 Å². The van der Waals surface area contributed by atoms with Crippen molar-refractivity contribution in [2.75, 3.05) is 18.5 Å². The van der Waals surface area contributed by atoms with Gasteiger partial charge in [0.1, 0.15) is 0 Å². The lowest BCUT2D eigenvalue weighted by molar-refractivity contribution is -0.142. The third kappa shape index (κ3) is 2.64. The minimum Gasteiger partial charge on any atom is -0.347 e. The standard InChI is InChI=1S/C22H24N2O3/c1-22(2)17-10-6-7-11-18(17)23(3)19(22)12-14(25)13-24-20(26)15-8-4-5-9-16(15)21(24)27/h4-7,10-12,15-16H,8-9,13H2,1-3H3/b19-12-/t15-,16-/m0/s1. The minimum atomic E-state index is -0.308. The highest BCUT2D eigenvalue weighted by Gasteiger charge is 2.47. The number of benzene rings is 1. The number of ketones is 1. The topological polar surface area (TPSA) is 57.7 Å². The first-order chi connectivity index (χ1) is 12.8. The molecular weight excluding hydrogens is 340 g/mol. The van der Waals surface area contributed by atoms with Crippen LogP contribution in [-0.4, -0.2) is 36.1 Å². The van der Waals surface area contributed by atoms with Crippen molar-refractivity contribution in [1.82, 2.24) is 4.90 Å². The molecule has 5 nitrogen and oxygen atoms in total. The highest BCUT2D eigenvalue weighted by atomic mass is 16.2. The van der Waals surface area contributed by atoms with E-state index < -0.39 is 0 Å². The number of likely N-dealkylation sites (N-methyl/N-ethyl adjacent to an activating group) is 1. The van der Waals surface area contributed by atoms with Gasteiger partial charge in [0.15, 0.2) is 5.78 Å². The normalized spacial score (nSPS) is 27.3. The van der Waals surface area contributed by atoms with Crippen LogP contribution in [0.15, 0.2) is 48.2 Å². The molecule has 1 aliphatic carbocycles. The first kappa shape index (κ1) is 17.7. The Morgan fingerprint density at radius 1 is 1.11 bits per heavy atom. The van der Waals surface area contributed by atoms with E-state index in [9.17, 15) is 14.4 Å². The number of imide groups is 1. The maximum Gasteiger partial charge on any atom is 0.233 e. The summed E-state index contributed by atoms with van der Waals surface area (Å²) in [5.41, 5.74) is 2.81. The Morgan fingerprint density at radius 2 is 1.70 bits per heavy atom. The second-order valence-electron chi connectivity index (χ2n) is 8.12. The number of hydrogen-bond acceptors (Lipinski definition) is 4. The van der Waals surface area contributed by atoms with E-state index >= 15 is 0 Å². The number of likely N-dealkylation sites (tertiary alicyclic amines) is 1. The molecule has 0 N–H and O–H groups in total. The van der Waals surface area contributed by atoms with Crippen LogP contribution in [0.2, 0.25) is 0 Å². The lowest BCUT2D eigenvalue weighted by Crippen LogP contribution is -2.36. The van der Waals surface area contributed by atoms with Crippen LogP contribution in [0.1, 0.15) is 32.3 Å². The smallest absolute Gasteiger partial charge is 0.233 e. The van der Waals surface area contributed by atoms with Gasteiger partial charge in [0.2, 0.25) is 11.8 Å². The highest BCUT2D eigenvalue weighted by molar-refractivity contribution is 6.09. The van der Waals surface area contributed by atoms with E-state index in [1.54, 1.807) is 6.08 Å². The molecule has 140 valence electrons. The van der Waals surface area contributed by atoms with Gasteiger partial charge in [0.05, 0.1) is 18.4 Å². The van der Waals surface area contributed by atoms with Crippen LogP contribution in [0.3, 0.4) is 0 Å². The molecule has 2 heterocycles. The van der Waals surface area contributed by atoms with Crippen molar-refractivity contribution in [1.29, 1.82) is 0 Å². The van der Waals surface area contributed by atoms with E-state index in [0.29, 0.717) is 12.8 Å². The number of anilines is 1. The fraction of sp³-hybridized carbons (Fsp3) is 0.409. The predicted octanol–water partition coefficient (Wildman–Crippen LogP) is 2.82. The third-order valence-corrected chi connectivity index (χ3v) is 6.15. The monoisotopic (exact) mass is 364 g/mol. The van der Waals surface area contributed by atoms with E-state index in [0.717, 1.165) is 21.8 Å². The van der Waals surface area contributed by atoms with Crippen LogP contribution in [0.25, 0.3) is 0 Å². The molecule has 0 unspecified atom stereocenters. The molecule has 2 aliphatic heterocycles. The Hall–Kier alpha value is -2.69. The number of carbonyl (C=O) groups is 3. The quantitative estimate of drug-likeness (QED) is 0.470. The molecule has 4 rings (SSSR count). The molecule has 2 atom stereocenters. The summed E-state index contributed by atoms with van der Waals surface area (Å²) in [6.45, 7) is 4.00. The van der Waals surface area contributed by atoms with E-state index in [2.05, 4.69) is 19.9 Å². The van der Waals surface area contributed by atoms with Gasteiger partial charge in [-0.15, -0.1) is 0 Å². The Bertz CT molecular complexity index is 871. The zero-order valence-corrected chi connectivity index (χ0v) is 15.9. The molecule has 0 aromatic heterocycles. The molecule has 3 aliphatic rings. The number of carbonyl (C=O) groups excluding carboxylic acids is 3. The molecule has 0 radical (unpaired) electrons. The molecule has 1 saturated heterocycles. The zero-order chi connectivity index (χ0) is 19.3. The van der Waals surface area contributed by atoms with Gasteiger partial charge in [-0.05, 0) is 24.5 Å². The van der Waals surface area contributed by atoms with Crippen LogP contribution in [-0.2, 0) is 19.8 Å². The second-order valence-corrected chi connectivity index (χ2v) is 8.12. The summed E-state index contributed by atoms with van der Waals surface area (Å²) < 4.78 is 0. The van der Waals surface area contributed by atoms with E-state index in [-0.39, 0.29) is 41.4 Å². The van der Waals surface area contributed by atoms with Gasteiger partial charge in [-0.25, -0.2) is 0 Å². The van der Waals surface area contributed by atoms with Gasteiger partial charge >= 0.3 is 0 Å². The predicted molar refractivity (Wildman–Crippen MR) is 103 cm³/mol. The Labute approximate surface area is 159 Å². The average molecular weight is 364 g/mol. The van der Waals surface area contributed by atoms with Crippen LogP contribution < -0.4 is 4.90 Å². The van der Waals surface area contributed by atoms with Crippen molar-refractivity contribution in [3.63, 3.8) is 0 Å². The number of rotatable bonds is 3. The maximum absolute atomic E-state index is 12.8. The molecule has 0 spiro atoms. The minimum absolute atomic E-state index is 0.172. The number of amides is 2. The van der Waals surface area contributed by atoms with Gasteiger partial charge in [-0.1, -0.05) is 44.2 Å². The van der Waals surface area contributed by atoms with Gasteiger partial charge < -0.3 is 4.90 Å². The number of nitrogens with zero attached hydrogens (tertiary/aromatic N) is 2.